The molecule has 1 saturated heterocycles. The number of rotatable bonds is 6. The zero-order valence-corrected chi connectivity index (χ0v) is 10.2. The lowest BCUT2D eigenvalue weighted by atomic mass is 9.97. The summed E-state index contributed by atoms with van der Waals surface area (Å²) in [6.45, 7) is 1.91. The van der Waals surface area contributed by atoms with Gasteiger partial charge in [0.05, 0.1) is 12.7 Å². The summed E-state index contributed by atoms with van der Waals surface area (Å²) in [5, 5.41) is 32.0. The summed E-state index contributed by atoms with van der Waals surface area (Å²) in [5.41, 5.74) is 8.44. The van der Waals surface area contributed by atoms with Gasteiger partial charge in [0.25, 0.3) is 0 Å². The zero-order chi connectivity index (χ0) is 13.5. The molecule has 1 aliphatic heterocycles. The van der Waals surface area contributed by atoms with E-state index in [1.165, 1.54) is 0 Å². The van der Waals surface area contributed by atoms with Gasteiger partial charge in [-0.2, -0.15) is 0 Å². The van der Waals surface area contributed by atoms with Crippen molar-refractivity contribution in [3.63, 3.8) is 0 Å². The van der Waals surface area contributed by atoms with Crippen molar-refractivity contribution < 1.29 is 24.8 Å². The van der Waals surface area contributed by atoms with Crippen molar-refractivity contribution in [2.24, 2.45) is 5.11 Å². The highest BCUT2D eigenvalue weighted by atomic mass is 16.6. The van der Waals surface area contributed by atoms with E-state index in [1.807, 2.05) is 6.92 Å². The molecule has 5 atom stereocenters. The molecule has 0 amide bonds. The van der Waals surface area contributed by atoms with Crippen LogP contribution in [0.1, 0.15) is 19.8 Å². The summed E-state index contributed by atoms with van der Waals surface area (Å²) < 4.78 is 10.4. The maximum atomic E-state index is 9.94. The van der Waals surface area contributed by atoms with Crippen LogP contribution in [0.4, 0.5) is 0 Å². The molecular formula is C10H19N3O5. The number of hydrogen-bond acceptors (Lipinski definition) is 6. The fourth-order valence-corrected chi connectivity index (χ4v) is 1.81. The molecule has 0 aromatic rings. The molecule has 1 fully saturated rings. The average Bonchev–Trinajstić information content (AvgIpc) is 2.37. The third kappa shape index (κ3) is 3.55. The standard InChI is InChI=1S/C10H19N3O5/c1-2-3-4-17-9-7(12-13-11)10(16)18-6(5-14)8(9)15/h6-10,14-16H,2-5H2,1H3/t6?,7?,8-,9-,10+/m1/s1. The van der Waals surface area contributed by atoms with E-state index in [0.717, 1.165) is 12.8 Å². The van der Waals surface area contributed by atoms with Crippen LogP contribution >= 0.6 is 0 Å². The lowest BCUT2D eigenvalue weighted by Gasteiger charge is -2.40. The Bertz CT molecular complexity index is 297. The lowest BCUT2D eigenvalue weighted by Crippen LogP contribution is -2.58. The number of ether oxygens (including phenoxy) is 2. The second-order valence-corrected chi connectivity index (χ2v) is 4.12. The van der Waals surface area contributed by atoms with Gasteiger partial charge in [0.1, 0.15) is 18.2 Å². The van der Waals surface area contributed by atoms with Crippen molar-refractivity contribution in [2.75, 3.05) is 13.2 Å². The zero-order valence-electron chi connectivity index (χ0n) is 10.2. The smallest absolute Gasteiger partial charge is 0.166 e. The van der Waals surface area contributed by atoms with E-state index in [9.17, 15) is 10.2 Å². The molecule has 1 rings (SSSR count). The molecule has 1 heterocycles. The second kappa shape index (κ2) is 7.52. The fourth-order valence-electron chi connectivity index (χ4n) is 1.81. The van der Waals surface area contributed by atoms with Crippen LogP contribution in [-0.4, -0.2) is 59.2 Å². The van der Waals surface area contributed by atoms with E-state index < -0.39 is 37.3 Å². The first-order valence-electron chi connectivity index (χ1n) is 5.94. The van der Waals surface area contributed by atoms with Crippen molar-refractivity contribution in [3.8, 4) is 0 Å². The van der Waals surface area contributed by atoms with E-state index in [2.05, 4.69) is 10.0 Å². The minimum absolute atomic E-state index is 0.376. The third-order valence-electron chi connectivity index (χ3n) is 2.83. The maximum Gasteiger partial charge on any atom is 0.166 e. The van der Waals surface area contributed by atoms with Crippen molar-refractivity contribution in [3.05, 3.63) is 10.4 Å². The quantitative estimate of drug-likeness (QED) is 0.266. The molecule has 0 radical (unpaired) electrons. The number of azide groups is 1. The van der Waals surface area contributed by atoms with Gasteiger partial charge >= 0.3 is 0 Å². The van der Waals surface area contributed by atoms with Crippen molar-refractivity contribution in [1.29, 1.82) is 0 Å². The van der Waals surface area contributed by atoms with Gasteiger partial charge in [-0.15, -0.1) is 0 Å². The number of unbranched alkanes of at least 4 members (excludes halogenated alkanes) is 1. The predicted octanol–water partition coefficient (Wildman–Crippen LogP) is -0.0790. The van der Waals surface area contributed by atoms with Crippen LogP contribution in [0.25, 0.3) is 10.4 Å². The van der Waals surface area contributed by atoms with Gasteiger partial charge in [0, 0.05) is 11.5 Å². The van der Waals surface area contributed by atoms with Gasteiger partial charge in [-0.3, -0.25) is 0 Å². The average molecular weight is 261 g/mol. The van der Waals surface area contributed by atoms with Gasteiger partial charge < -0.3 is 24.8 Å². The van der Waals surface area contributed by atoms with E-state index in [4.69, 9.17) is 20.1 Å². The molecule has 0 aliphatic carbocycles. The highest BCUT2D eigenvalue weighted by Gasteiger charge is 2.44. The van der Waals surface area contributed by atoms with Gasteiger partial charge in [0.15, 0.2) is 6.29 Å². The summed E-state index contributed by atoms with van der Waals surface area (Å²) in [6.07, 6.45) is -2.67. The first-order valence-corrected chi connectivity index (χ1v) is 5.94. The predicted molar refractivity (Wildman–Crippen MR) is 61.6 cm³/mol. The molecule has 0 aromatic heterocycles. The normalized spacial score (nSPS) is 36.1. The van der Waals surface area contributed by atoms with Gasteiger partial charge in [-0.05, 0) is 12.0 Å². The molecule has 1 aliphatic rings. The van der Waals surface area contributed by atoms with E-state index in [1.54, 1.807) is 0 Å². The largest absolute Gasteiger partial charge is 0.394 e. The Morgan fingerprint density at radius 1 is 1.44 bits per heavy atom. The Morgan fingerprint density at radius 3 is 2.72 bits per heavy atom. The topological polar surface area (TPSA) is 128 Å². The Kier molecular flexibility index (Phi) is 6.34. The minimum Gasteiger partial charge on any atom is -0.394 e. The van der Waals surface area contributed by atoms with Gasteiger partial charge in [-0.1, -0.05) is 18.5 Å². The number of nitrogens with zero attached hydrogens (tertiary/aromatic N) is 3. The molecule has 0 aromatic carbocycles. The van der Waals surface area contributed by atoms with Crippen molar-refractivity contribution in [1.82, 2.24) is 0 Å². The number of aliphatic hydroxyl groups is 3. The molecule has 0 spiro atoms. The van der Waals surface area contributed by atoms with Crippen LogP contribution in [0.2, 0.25) is 0 Å². The van der Waals surface area contributed by atoms with Crippen molar-refractivity contribution >= 4 is 0 Å². The summed E-state index contributed by atoms with van der Waals surface area (Å²) in [4.78, 5) is 2.60. The Balaban J connectivity index is 2.76. The molecule has 0 saturated carbocycles. The van der Waals surface area contributed by atoms with Gasteiger partial charge in [0.2, 0.25) is 0 Å². The molecule has 104 valence electrons. The number of hydrogen-bond donors (Lipinski definition) is 3. The first kappa shape index (κ1) is 15.2. The SMILES string of the molecule is CCCCO[C@@H]1C(N=[N+]=[N-])[C@@H](O)OC(CO)[C@H]1O. The van der Waals surface area contributed by atoms with Crippen LogP contribution in [0, 0.1) is 0 Å². The molecule has 8 heteroatoms. The summed E-state index contributed by atoms with van der Waals surface area (Å²) in [7, 11) is 0. The maximum absolute atomic E-state index is 9.94. The van der Waals surface area contributed by atoms with E-state index in [-0.39, 0.29) is 0 Å². The van der Waals surface area contributed by atoms with Gasteiger partial charge in [-0.25, -0.2) is 0 Å². The highest BCUT2D eigenvalue weighted by molar-refractivity contribution is 4.94. The van der Waals surface area contributed by atoms with Crippen LogP contribution < -0.4 is 0 Å². The van der Waals surface area contributed by atoms with Crippen LogP contribution in [-0.2, 0) is 9.47 Å². The Hall–Kier alpha value is -0.890. The molecule has 3 N–H and O–H groups in total. The fraction of sp³-hybridized carbons (Fsp3) is 1.00. The highest BCUT2D eigenvalue weighted by Crippen LogP contribution is 2.25. The monoisotopic (exact) mass is 261 g/mol. The molecule has 0 bridgehead atoms. The number of aliphatic hydroxyl groups excluding tert-OH is 3. The summed E-state index contributed by atoms with van der Waals surface area (Å²) in [6, 6.07) is -1.02. The summed E-state index contributed by atoms with van der Waals surface area (Å²) in [5.74, 6) is 0. The summed E-state index contributed by atoms with van der Waals surface area (Å²) >= 11 is 0. The Labute approximate surface area is 105 Å². The first-order chi connectivity index (χ1) is 8.65. The Morgan fingerprint density at radius 2 is 2.17 bits per heavy atom. The third-order valence-corrected chi connectivity index (χ3v) is 2.83. The second-order valence-electron chi connectivity index (χ2n) is 4.12. The van der Waals surface area contributed by atoms with E-state index in [0.29, 0.717) is 6.61 Å². The lowest BCUT2D eigenvalue weighted by molar-refractivity contribution is -0.257. The molecular weight excluding hydrogens is 242 g/mol. The van der Waals surface area contributed by atoms with Crippen LogP contribution in [0.5, 0.6) is 0 Å². The van der Waals surface area contributed by atoms with Crippen LogP contribution in [0.15, 0.2) is 5.11 Å². The molecule has 18 heavy (non-hydrogen) atoms. The molecule has 2 unspecified atom stereocenters. The molecule has 8 nitrogen and oxygen atoms in total. The minimum atomic E-state index is -1.40. The van der Waals surface area contributed by atoms with E-state index >= 15 is 0 Å². The van der Waals surface area contributed by atoms with Crippen LogP contribution in [0.3, 0.4) is 0 Å². The van der Waals surface area contributed by atoms with Crippen molar-refractivity contribution in [2.45, 2.75) is 50.4 Å².